The average Bonchev–Trinajstić information content (AvgIpc) is 2.25. The van der Waals surface area contributed by atoms with E-state index in [4.69, 9.17) is 17.3 Å². The van der Waals surface area contributed by atoms with E-state index in [2.05, 4.69) is 15.6 Å². The maximum Gasteiger partial charge on any atom is 0.303 e. The number of aromatic nitrogens is 1. The van der Waals surface area contributed by atoms with Crippen molar-refractivity contribution in [2.45, 2.75) is 12.8 Å². The van der Waals surface area contributed by atoms with Gasteiger partial charge in [0.1, 0.15) is 0 Å². The van der Waals surface area contributed by atoms with E-state index in [-0.39, 0.29) is 6.42 Å². The van der Waals surface area contributed by atoms with Gasteiger partial charge in [-0.25, -0.2) is 0 Å². The van der Waals surface area contributed by atoms with Gasteiger partial charge in [-0.05, 0) is 30.8 Å². The Balaban J connectivity index is 2.19. The zero-order valence-corrected chi connectivity index (χ0v) is 9.46. The Labute approximate surface area is 98.9 Å². The van der Waals surface area contributed by atoms with E-state index in [0.29, 0.717) is 18.1 Å². The standard InChI is InChI=1S/C10H13N3O2S/c14-9(15)4-2-6-12-10(16)13-8-3-1-5-11-7-8/h1,3,5,7H,2,4,6H2,(H,14,15)(H2,12,13,16). The van der Waals surface area contributed by atoms with Gasteiger partial charge in [-0.1, -0.05) is 0 Å². The van der Waals surface area contributed by atoms with Crippen LogP contribution in [-0.2, 0) is 4.79 Å². The summed E-state index contributed by atoms with van der Waals surface area (Å²) >= 11 is 5.02. The molecule has 0 fully saturated rings. The van der Waals surface area contributed by atoms with Crippen molar-refractivity contribution in [1.82, 2.24) is 10.3 Å². The summed E-state index contributed by atoms with van der Waals surface area (Å²) in [5.74, 6) is -0.798. The number of nitrogens with zero attached hydrogens (tertiary/aromatic N) is 1. The molecule has 6 heteroatoms. The quantitative estimate of drug-likeness (QED) is 0.530. The van der Waals surface area contributed by atoms with Crippen molar-refractivity contribution in [2.75, 3.05) is 11.9 Å². The molecule has 5 nitrogen and oxygen atoms in total. The van der Waals surface area contributed by atoms with Crippen LogP contribution < -0.4 is 10.6 Å². The molecular formula is C10H13N3O2S. The summed E-state index contributed by atoms with van der Waals surface area (Å²) in [7, 11) is 0. The summed E-state index contributed by atoms with van der Waals surface area (Å²) in [6.45, 7) is 0.540. The van der Waals surface area contributed by atoms with E-state index in [1.165, 1.54) is 0 Å². The van der Waals surface area contributed by atoms with Gasteiger partial charge >= 0.3 is 5.97 Å². The summed E-state index contributed by atoms with van der Waals surface area (Å²) < 4.78 is 0. The van der Waals surface area contributed by atoms with E-state index in [0.717, 1.165) is 5.69 Å². The van der Waals surface area contributed by atoms with Crippen LogP contribution >= 0.6 is 12.2 Å². The van der Waals surface area contributed by atoms with Crippen molar-refractivity contribution in [2.24, 2.45) is 0 Å². The number of carboxylic acid groups (broad SMARTS) is 1. The predicted octanol–water partition coefficient (Wildman–Crippen LogP) is 1.23. The van der Waals surface area contributed by atoms with Crippen LogP contribution in [0.4, 0.5) is 5.69 Å². The van der Waals surface area contributed by atoms with Crippen molar-refractivity contribution in [3.05, 3.63) is 24.5 Å². The highest BCUT2D eigenvalue weighted by atomic mass is 32.1. The van der Waals surface area contributed by atoms with Gasteiger partial charge in [-0.15, -0.1) is 0 Å². The summed E-state index contributed by atoms with van der Waals surface area (Å²) in [4.78, 5) is 14.2. The summed E-state index contributed by atoms with van der Waals surface area (Å²) in [6, 6.07) is 3.65. The van der Waals surface area contributed by atoms with Gasteiger partial charge in [-0.2, -0.15) is 0 Å². The van der Waals surface area contributed by atoms with Crippen molar-refractivity contribution >= 4 is 29.0 Å². The molecule has 86 valence electrons. The molecular weight excluding hydrogens is 226 g/mol. The number of rotatable bonds is 5. The maximum absolute atomic E-state index is 10.3. The molecule has 0 aliphatic heterocycles. The summed E-state index contributed by atoms with van der Waals surface area (Å²) in [6.07, 6.45) is 4.02. The lowest BCUT2D eigenvalue weighted by Crippen LogP contribution is -2.29. The first-order valence-electron chi connectivity index (χ1n) is 4.85. The normalized spacial score (nSPS) is 9.50. The molecule has 16 heavy (non-hydrogen) atoms. The third kappa shape index (κ3) is 5.26. The van der Waals surface area contributed by atoms with Gasteiger partial charge in [0, 0.05) is 19.2 Å². The molecule has 1 heterocycles. The van der Waals surface area contributed by atoms with Crippen molar-refractivity contribution in [1.29, 1.82) is 0 Å². The number of pyridine rings is 1. The minimum absolute atomic E-state index is 0.141. The van der Waals surface area contributed by atoms with Gasteiger partial charge < -0.3 is 15.7 Å². The molecule has 0 atom stereocenters. The first kappa shape index (κ1) is 12.4. The molecule has 1 aromatic rings. The summed E-state index contributed by atoms with van der Waals surface area (Å²) in [5.41, 5.74) is 0.804. The Morgan fingerprint density at radius 3 is 3.00 bits per heavy atom. The molecule has 0 unspecified atom stereocenters. The number of carbonyl (C=O) groups is 1. The Hall–Kier alpha value is -1.69. The van der Waals surface area contributed by atoms with Crippen molar-refractivity contribution in [3.63, 3.8) is 0 Å². The van der Waals surface area contributed by atoms with Crippen LogP contribution in [0.5, 0.6) is 0 Å². The van der Waals surface area contributed by atoms with Crippen molar-refractivity contribution in [3.8, 4) is 0 Å². The molecule has 0 saturated carbocycles. The van der Waals surface area contributed by atoms with Gasteiger partial charge in [0.25, 0.3) is 0 Å². The number of nitrogens with one attached hydrogen (secondary N) is 2. The minimum Gasteiger partial charge on any atom is -0.481 e. The second-order valence-electron chi connectivity index (χ2n) is 3.12. The largest absolute Gasteiger partial charge is 0.481 e. The van der Waals surface area contributed by atoms with Gasteiger partial charge in [0.05, 0.1) is 11.9 Å². The van der Waals surface area contributed by atoms with Gasteiger partial charge in [0.15, 0.2) is 5.11 Å². The number of anilines is 1. The number of thiocarbonyl (C=S) groups is 1. The van der Waals surface area contributed by atoms with Crippen molar-refractivity contribution < 1.29 is 9.90 Å². The molecule has 0 bridgehead atoms. The van der Waals surface area contributed by atoms with Gasteiger partial charge in [-0.3, -0.25) is 9.78 Å². The molecule has 0 saturated heterocycles. The SMILES string of the molecule is O=C(O)CCCNC(=S)Nc1cccnc1. The third-order valence-electron chi connectivity index (χ3n) is 1.77. The lowest BCUT2D eigenvalue weighted by Gasteiger charge is -2.09. The van der Waals surface area contributed by atoms with Crippen LogP contribution in [0.1, 0.15) is 12.8 Å². The minimum atomic E-state index is -0.798. The van der Waals surface area contributed by atoms with Crippen LogP contribution in [0.25, 0.3) is 0 Å². The molecule has 0 aliphatic carbocycles. The van der Waals surface area contributed by atoms with E-state index < -0.39 is 5.97 Å². The lowest BCUT2D eigenvalue weighted by molar-refractivity contribution is -0.137. The summed E-state index contributed by atoms with van der Waals surface area (Å²) in [5, 5.41) is 14.8. The first-order valence-corrected chi connectivity index (χ1v) is 5.26. The second kappa shape index (κ2) is 6.73. The van der Waals surface area contributed by atoms with Crippen LogP contribution in [0.3, 0.4) is 0 Å². The van der Waals surface area contributed by atoms with Crippen LogP contribution in [0.2, 0.25) is 0 Å². The zero-order chi connectivity index (χ0) is 11.8. The fraction of sp³-hybridized carbons (Fsp3) is 0.300. The van der Waals surface area contributed by atoms with E-state index in [1.807, 2.05) is 6.07 Å². The van der Waals surface area contributed by atoms with Crippen LogP contribution in [-0.4, -0.2) is 27.7 Å². The Morgan fingerprint density at radius 2 is 2.38 bits per heavy atom. The molecule has 1 aromatic heterocycles. The number of hydrogen-bond acceptors (Lipinski definition) is 3. The van der Waals surface area contributed by atoms with Crippen LogP contribution in [0, 0.1) is 0 Å². The highest BCUT2D eigenvalue weighted by molar-refractivity contribution is 7.80. The molecule has 1 rings (SSSR count). The number of aliphatic carboxylic acids is 1. The second-order valence-corrected chi connectivity index (χ2v) is 3.53. The van der Waals surface area contributed by atoms with E-state index >= 15 is 0 Å². The number of hydrogen-bond donors (Lipinski definition) is 3. The Bertz CT molecular complexity index is 356. The van der Waals surface area contributed by atoms with Gasteiger partial charge in [0.2, 0.25) is 0 Å². The Kier molecular flexibility index (Phi) is 5.21. The molecule has 0 spiro atoms. The highest BCUT2D eigenvalue weighted by Gasteiger charge is 1.98. The third-order valence-corrected chi connectivity index (χ3v) is 2.02. The van der Waals surface area contributed by atoms with E-state index in [1.54, 1.807) is 18.5 Å². The molecule has 0 aliphatic rings. The Morgan fingerprint density at radius 1 is 1.56 bits per heavy atom. The first-order chi connectivity index (χ1) is 7.68. The topological polar surface area (TPSA) is 74.2 Å². The highest BCUT2D eigenvalue weighted by Crippen LogP contribution is 2.01. The molecule has 0 radical (unpaired) electrons. The fourth-order valence-corrected chi connectivity index (χ4v) is 1.27. The monoisotopic (exact) mass is 239 g/mol. The average molecular weight is 239 g/mol. The molecule has 0 amide bonds. The lowest BCUT2D eigenvalue weighted by atomic mass is 10.3. The smallest absolute Gasteiger partial charge is 0.303 e. The zero-order valence-electron chi connectivity index (χ0n) is 8.64. The predicted molar refractivity (Wildman–Crippen MR) is 65.3 cm³/mol. The molecule has 3 N–H and O–H groups in total. The fourth-order valence-electron chi connectivity index (χ4n) is 1.05. The van der Waals surface area contributed by atoms with E-state index in [9.17, 15) is 4.79 Å². The number of carboxylic acids is 1. The molecule has 0 aromatic carbocycles. The maximum atomic E-state index is 10.3. The van der Waals surface area contributed by atoms with Crippen LogP contribution in [0.15, 0.2) is 24.5 Å².